The Hall–Kier alpha value is -2.69. The summed E-state index contributed by atoms with van der Waals surface area (Å²) in [5.74, 6) is -0.659. The largest absolute Gasteiger partial charge is 0.444 e. The number of rotatable bonds is 3. The molecule has 0 N–H and O–H groups in total. The van der Waals surface area contributed by atoms with E-state index < -0.39 is 23.6 Å². The van der Waals surface area contributed by atoms with Gasteiger partial charge in [0.25, 0.3) is 0 Å². The molecule has 0 unspecified atom stereocenters. The number of carbonyl (C=O) groups is 2. The van der Waals surface area contributed by atoms with Gasteiger partial charge >= 0.3 is 6.09 Å². The molecule has 2 aromatic carbocycles. The summed E-state index contributed by atoms with van der Waals surface area (Å²) >= 11 is 0. The van der Waals surface area contributed by atoms with Crippen LogP contribution in [0, 0.1) is 12.7 Å². The number of benzene rings is 2. The molecule has 1 aliphatic rings. The van der Waals surface area contributed by atoms with Crippen molar-refractivity contribution >= 4 is 11.9 Å². The van der Waals surface area contributed by atoms with Crippen LogP contribution in [-0.4, -0.2) is 35.0 Å². The Morgan fingerprint density at radius 2 is 1.79 bits per heavy atom. The third-order valence-electron chi connectivity index (χ3n) is 4.96. The van der Waals surface area contributed by atoms with Crippen molar-refractivity contribution in [1.82, 2.24) is 4.90 Å². The Bertz CT molecular complexity index is 873. The van der Waals surface area contributed by atoms with Crippen LogP contribution in [-0.2, 0) is 4.74 Å². The van der Waals surface area contributed by atoms with Gasteiger partial charge in [0.1, 0.15) is 11.4 Å². The van der Waals surface area contributed by atoms with E-state index in [-0.39, 0.29) is 17.3 Å². The zero-order chi connectivity index (χ0) is 20.5. The van der Waals surface area contributed by atoms with Crippen molar-refractivity contribution in [2.75, 3.05) is 6.54 Å². The molecule has 1 fully saturated rings. The molecule has 0 bridgehead atoms. The van der Waals surface area contributed by atoms with Crippen LogP contribution >= 0.6 is 0 Å². The quantitative estimate of drug-likeness (QED) is 0.692. The van der Waals surface area contributed by atoms with Crippen molar-refractivity contribution < 1.29 is 18.7 Å². The highest BCUT2D eigenvalue weighted by atomic mass is 19.1. The van der Waals surface area contributed by atoms with E-state index in [1.807, 2.05) is 30.3 Å². The Balaban J connectivity index is 1.90. The van der Waals surface area contributed by atoms with Crippen LogP contribution in [0.4, 0.5) is 9.18 Å². The number of aryl methyl sites for hydroxylation is 1. The Labute approximate surface area is 165 Å². The Morgan fingerprint density at radius 3 is 2.39 bits per heavy atom. The third kappa shape index (κ3) is 4.41. The number of hydrogen-bond donors (Lipinski definition) is 0. The summed E-state index contributed by atoms with van der Waals surface area (Å²) in [6.45, 7) is 7.42. The molecule has 1 aliphatic heterocycles. The van der Waals surface area contributed by atoms with E-state index in [9.17, 15) is 14.0 Å². The Morgan fingerprint density at radius 1 is 1.11 bits per heavy atom. The highest BCUT2D eigenvalue weighted by Gasteiger charge is 2.42. The summed E-state index contributed by atoms with van der Waals surface area (Å²) in [6.07, 6.45) is -0.0331. The lowest BCUT2D eigenvalue weighted by molar-refractivity contribution is 0.0221. The molecule has 1 heterocycles. The minimum absolute atomic E-state index is 0.0259. The van der Waals surface area contributed by atoms with Gasteiger partial charge < -0.3 is 4.74 Å². The number of ketones is 1. The number of ether oxygens (including phenoxy) is 1. The monoisotopic (exact) mass is 383 g/mol. The van der Waals surface area contributed by atoms with Crippen LogP contribution in [0.2, 0.25) is 0 Å². The van der Waals surface area contributed by atoms with Gasteiger partial charge in [-0.25, -0.2) is 9.18 Å². The van der Waals surface area contributed by atoms with Crippen molar-refractivity contribution in [2.45, 2.75) is 51.7 Å². The van der Waals surface area contributed by atoms with E-state index in [2.05, 4.69) is 0 Å². The fraction of sp³-hybridized carbons (Fsp3) is 0.391. The molecule has 1 amide bonds. The SMILES string of the molecule is Cc1ccc(C(=O)[C@@H]2C[C@@H](c3ccccc3)CN2C(=O)OC(C)(C)C)cc1F. The average Bonchev–Trinajstić information content (AvgIpc) is 3.08. The van der Waals surface area contributed by atoms with Gasteiger partial charge in [-0.15, -0.1) is 0 Å². The summed E-state index contributed by atoms with van der Waals surface area (Å²) in [4.78, 5) is 27.4. The zero-order valence-corrected chi connectivity index (χ0v) is 16.7. The fourth-order valence-corrected chi connectivity index (χ4v) is 3.51. The lowest BCUT2D eigenvalue weighted by Crippen LogP contribution is -2.43. The van der Waals surface area contributed by atoms with Crippen LogP contribution < -0.4 is 0 Å². The molecule has 0 radical (unpaired) electrons. The second-order valence-electron chi connectivity index (χ2n) is 8.32. The third-order valence-corrected chi connectivity index (χ3v) is 4.96. The molecule has 3 rings (SSSR count). The zero-order valence-electron chi connectivity index (χ0n) is 16.7. The summed E-state index contributed by atoms with van der Waals surface area (Å²) < 4.78 is 19.5. The van der Waals surface area contributed by atoms with Crippen molar-refractivity contribution in [3.63, 3.8) is 0 Å². The molecule has 2 atom stereocenters. The smallest absolute Gasteiger partial charge is 0.410 e. The number of nitrogens with zero attached hydrogens (tertiary/aromatic N) is 1. The maximum atomic E-state index is 14.0. The van der Waals surface area contributed by atoms with Crippen LogP contribution in [0.5, 0.6) is 0 Å². The second kappa shape index (κ2) is 7.74. The van der Waals surface area contributed by atoms with Gasteiger partial charge in [0.05, 0.1) is 6.04 Å². The molecule has 0 aromatic heterocycles. The normalized spacial score (nSPS) is 19.5. The van der Waals surface area contributed by atoms with E-state index in [4.69, 9.17) is 4.74 Å². The van der Waals surface area contributed by atoms with Gasteiger partial charge in [-0.2, -0.15) is 0 Å². The molecule has 0 spiro atoms. The molecule has 0 saturated carbocycles. The molecule has 2 aromatic rings. The number of amides is 1. The lowest BCUT2D eigenvalue weighted by Gasteiger charge is -2.28. The van der Waals surface area contributed by atoms with Gasteiger partial charge in [0.15, 0.2) is 5.78 Å². The van der Waals surface area contributed by atoms with Gasteiger partial charge in [0, 0.05) is 18.0 Å². The number of Topliss-reactive ketones (excluding diaryl/α,β-unsaturated/α-hetero) is 1. The number of likely N-dealkylation sites (tertiary alicyclic amines) is 1. The van der Waals surface area contributed by atoms with Crippen molar-refractivity contribution in [2.24, 2.45) is 0 Å². The maximum absolute atomic E-state index is 14.0. The van der Waals surface area contributed by atoms with Crippen molar-refractivity contribution in [3.05, 3.63) is 71.0 Å². The second-order valence-corrected chi connectivity index (χ2v) is 8.32. The Kier molecular flexibility index (Phi) is 5.54. The van der Waals surface area contributed by atoms with Gasteiger partial charge in [-0.3, -0.25) is 9.69 Å². The van der Waals surface area contributed by atoms with E-state index in [0.717, 1.165) is 5.56 Å². The highest BCUT2D eigenvalue weighted by Crippen LogP contribution is 2.34. The maximum Gasteiger partial charge on any atom is 0.410 e. The summed E-state index contributed by atoms with van der Waals surface area (Å²) in [7, 11) is 0. The minimum Gasteiger partial charge on any atom is -0.444 e. The molecule has 4 nitrogen and oxygen atoms in total. The van der Waals surface area contributed by atoms with Crippen LogP contribution in [0.15, 0.2) is 48.5 Å². The number of hydrogen-bond acceptors (Lipinski definition) is 3. The molecule has 5 heteroatoms. The minimum atomic E-state index is -0.679. The summed E-state index contributed by atoms with van der Waals surface area (Å²) in [6, 6.07) is 13.6. The van der Waals surface area contributed by atoms with Crippen LogP contribution in [0.3, 0.4) is 0 Å². The van der Waals surface area contributed by atoms with Gasteiger partial charge in [-0.1, -0.05) is 42.5 Å². The molecular formula is C23H26FNO3. The fourth-order valence-electron chi connectivity index (χ4n) is 3.51. The van der Waals surface area contributed by atoms with Crippen molar-refractivity contribution in [1.29, 1.82) is 0 Å². The first-order valence-corrected chi connectivity index (χ1v) is 9.50. The number of carbonyl (C=O) groups excluding carboxylic acids is 2. The van der Waals surface area contributed by atoms with Crippen LogP contribution in [0.1, 0.15) is 54.6 Å². The first kappa shape index (κ1) is 20.1. The first-order valence-electron chi connectivity index (χ1n) is 9.50. The van der Waals surface area contributed by atoms with E-state index >= 15 is 0 Å². The molecule has 1 saturated heterocycles. The van der Waals surface area contributed by atoms with Crippen molar-refractivity contribution in [3.8, 4) is 0 Å². The van der Waals surface area contributed by atoms with E-state index in [0.29, 0.717) is 18.5 Å². The van der Waals surface area contributed by atoms with Gasteiger partial charge in [0.2, 0.25) is 0 Å². The molecule has 0 aliphatic carbocycles. The lowest BCUT2D eigenvalue weighted by atomic mass is 9.93. The van der Waals surface area contributed by atoms with E-state index in [1.165, 1.54) is 11.0 Å². The standard InChI is InChI=1S/C23H26FNO3/c1-15-10-11-17(12-19(15)24)21(26)20-13-18(16-8-6-5-7-9-16)14-25(20)22(27)28-23(2,3)4/h5-12,18,20H,13-14H2,1-4H3/t18-,20+/m1/s1. The highest BCUT2D eigenvalue weighted by molar-refractivity contribution is 6.02. The predicted molar refractivity (Wildman–Crippen MR) is 106 cm³/mol. The molecular weight excluding hydrogens is 357 g/mol. The summed E-state index contributed by atoms with van der Waals surface area (Å²) in [5, 5.41) is 0. The topological polar surface area (TPSA) is 46.6 Å². The first-order chi connectivity index (χ1) is 13.2. The summed E-state index contributed by atoms with van der Waals surface area (Å²) in [5.41, 5.74) is 1.16. The van der Waals surface area contributed by atoms with E-state index in [1.54, 1.807) is 39.8 Å². The predicted octanol–water partition coefficient (Wildman–Crippen LogP) is 5.11. The average molecular weight is 383 g/mol. The van der Waals surface area contributed by atoms with Gasteiger partial charge in [-0.05, 0) is 51.3 Å². The molecule has 28 heavy (non-hydrogen) atoms. The molecule has 148 valence electrons. The van der Waals surface area contributed by atoms with Crippen LogP contribution in [0.25, 0.3) is 0 Å². The number of halogens is 1.